The fourth-order valence-electron chi connectivity index (χ4n) is 3.07. The van der Waals surface area contributed by atoms with Crippen LogP contribution in [0, 0.1) is 13.8 Å². The highest BCUT2D eigenvalue weighted by Crippen LogP contribution is 2.15. The van der Waals surface area contributed by atoms with Crippen molar-refractivity contribution >= 4 is 17.5 Å². The van der Waals surface area contributed by atoms with E-state index in [2.05, 4.69) is 15.3 Å². The minimum absolute atomic E-state index is 0.00233. The number of hydrogen-bond donors (Lipinski definition) is 1. The Hall–Kier alpha value is -2.80. The lowest BCUT2D eigenvalue weighted by Gasteiger charge is -2.25. The van der Waals surface area contributed by atoms with Crippen molar-refractivity contribution < 1.29 is 14.3 Å². The fraction of sp³-hybridized carbons (Fsp3) is 0.429. The zero-order valence-corrected chi connectivity index (χ0v) is 16.4. The van der Waals surface area contributed by atoms with Crippen LogP contribution in [0.2, 0.25) is 0 Å². The molecule has 2 heterocycles. The van der Waals surface area contributed by atoms with Crippen LogP contribution in [-0.2, 0) is 9.53 Å². The molecule has 3 rings (SSSR count). The van der Waals surface area contributed by atoms with Gasteiger partial charge in [0.15, 0.2) is 0 Å². The highest BCUT2D eigenvalue weighted by molar-refractivity contribution is 5.93. The Morgan fingerprint density at radius 3 is 2.61 bits per heavy atom. The lowest BCUT2D eigenvalue weighted by atomic mass is 10.2. The second kappa shape index (κ2) is 9.41. The van der Waals surface area contributed by atoms with Gasteiger partial charge >= 0.3 is 0 Å². The van der Waals surface area contributed by atoms with Crippen LogP contribution in [0.4, 0.5) is 5.69 Å². The lowest BCUT2D eigenvalue weighted by molar-refractivity contribution is -0.116. The maximum Gasteiger partial charge on any atom is 0.274 e. The molecule has 148 valence electrons. The monoisotopic (exact) mass is 382 g/mol. The topological polar surface area (TPSA) is 84.4 Å². The van der Waals surface area contributed by atoms with Gasteiger partial charge in [-0.15, -0.1) is 0 Å². The Morgan fingerprint density at radius 2 is 1.96 bits per heavy atom. The number of ether oxygens (including phenoxy) is 1. The predicted molar refractivity (Wildman–Crippen MR) is 106 cm³/mol. The molecule has 7 nitrogen and oxygen atoms in total. The third-order valence-corrected chi connectivity index (χ3v) is 4.68. The minimum atomic E-state index is -0.230. The highest BCUT2D eigenvalue weighted by Gasteiger charge is 2.24. The maximum atomic E-state index is 12.9. The molecule has 2 aromatic rings. The van der Waals surface area contributed by atoms with Gasteiger partial charge in [0.2, 0.25) is 5.91 Å². The van der Waals surface area contributed by atoms with Crippen molar-refractivity contribution in [2.45, 2.75) is 39.2 Å². The number of nitrogens with zero attached hydrogens (tertiary/aromatic N) is 3. The number of hydrogen-bond acceptors (Lipinski definition) is 5. The van der Waals surface area contributed by atoms with E-state index < -0.39 is 0 Å². The first-order valence-corrected chi connectivity index (χ1v) is 9.57. The van der Waals surface area contributed by atoms with Gasteiger partial charge in [0.05, 0.1) is 18.0 Å². The van der Waals surface area contributed by atoms with Gasteiger partial charge in [-0.3, -0.25) is 14.6 Å². The van der Waals surface area contributed by atoms with E-state index >= 15 is 0 Å². The van der Waals surface area contributed by atoms with Crippen LogP contribution in [0.1, 0.15) is 41.0 Å². The smallest absolute Gasteiger partial charge is 0.274 e. The number of rotatable bonds is 7. The van der Waals surface area contributed by atoms with Gasteiger partial charge < -0.3 is 15.0 Å². The summed E-state index contributed by atoms with van der Waals surface area (Å²) in [4.78, 5) is 35.2. The molecule has 1 aliphatic heterocycles. The summed E-state index contributed by atoms with van der Waals surface area (Å²) in [5.41, 5.74) is 2.91. The Morgan fingerprint density at radius 1 is 1.18 bits per heavy atom. The van der Waals surface area contributed by atoms with Crippen molar-refractivity contribution in [2.75, 3.05) is 25.0 Å². The molecule has 1 N–H and O–H groups in total. The van der Waals surface area contributed by atoms with Gasteiger partial charge in [-0.2, -0.15) is 0 Å². The maximum absolute atomic E-state index is 12.9. The van der Waals surface area contributed by atoms with Crippen molar-refractivity contribution in [1.29, 1.82) is 0 Å². The average molecular weight is 382 g/mol. The summed E-state index contributed by atoms with van der Waals surface area (Å²) in [5.74, 6) is -0.366. The SMILES string of the molecule is Cc1ccc(NC(=O)CCN(C[C@@H]2CCCO2)C(=O)c2cnc(C)cn2)cc1. The Balaban J connectivity index is 1.62. The van der Waals surface area contributed by atoms with Gasteiger partial charge in [0.25, 0.3) is 5.91 Å². The first-order chi connectivity index (χ1) is 13.5. The number of anilines is 1. The second-order valence-electron chi connectivity index (χ2n) is 7.09. The van der Waals surface area contributed by atoms with Crippen LogP contribution >= 0.6 is 0 Å². The van der Waals surface area contributed by atoms with E-state index in [0.717, 1.165) is 29.8 Å². The molecular formula is C21H26N4O3. The summed E-state index contributed by atoms with van der Waals surface area (Å²) in [6, 6.07) is 7.62. The van der Waals surface area contributed by atoms with E-state index in [1.165, 1.54) is 6.20 Å². The number of nitrogens with one attached hydrogen (secondary N) is 1. The zero-order chi connectivity index (χ0) is 19.9. The van der Waals surface area contributed by atoms with Crippen LogP contribution in [-0.4, -0.2) is 52.5 Å². The molecular weight excluding hydrogens is 356 g/mol. The second-order valence-corrected chi connectivity index (χ2v) is 7.09. The van der Waals surface area contributed by atoms with E-state index in [9.17, 15) is 9.59 Å². The van der Waals surface area contributed by atoms with Crippen LogP contribution in [0.15, 0.2) is 36.7 Å². The lowest BCUT2D eigenvalue weighted by Crippen LogP contribution is -2.39. The first kappa shape index (κ1) is 19.9. The Labute approximate surface area is 165 Å². The largest absolute Gasteiger partial charge is 0.376 e. The van der Waals surface area contributed by atoms with E-state index in [1.807, 2.05) is 38.1 Å². The fourth-order valence-corrected chi connectivity index (χ4v) is 3.07. The van der Waals surface area contributed by atoms with E-state index in [0.29, 0.717) is 19.7 Å². The summed E-state index contributed by atoms with van der Waals surface area (Å²) < 4.78 is 5.67. The summed E-state index contributed by atoms with van der Waals surface area (Å²) in [6.45, 7) is 5.28. The number of benzene rings is 1. The molecule has 1 aromatic heterocycles. The van der Waals surface area contributed by atoms with Gasteiger partial charge in [0, 0.05) is 38.0 Å². The van der Waals surface area contributed by atoms with Crippen molar-refractivity contribution in [2.24, 2.45) is 0 Å². The normalized spacial score (nSPS) is 16.0. The van der Waals surface area contributed by atoms with E-state index in [1.54, 1.807) is 11.1 Å². The van der Waals surface area contributed by atoms with Crippen molar-refractivity contribution in [3.63, 3.8) is 0 Å². The van der Waals surface area contributed by atoms with Crippen molar-refractivity contribution in [3.8, 4) is 0 Å². The van der Waals surface area contributed by atoms with Gasteiger partial charge in [0.1, 0.15) is 5.69 Å². The molecule has 0 radical (unpaired) electrons. The third-order valence-electron chi connectivity index (χ3n) is 4.68. The summed E-state index contributed by atoms with van der Waals surface area (Å²) in [7, 11) is 0. The Bertz CT molecular complexity index is 799. The molecule has 2 amide bonds. The van der Waals surface area contributed by atoms with Crippen molar-refractivity contribution in [1.82, 2.24) is 14.9 Å². The number of aryl methyl sites for hydroxylation is 2. The minimum Gasteiger partial charge on any atom is -0.376 e. The molecule has 0 aliphatic carbocycles. The quantitative estimate of drug-likeness (QED) is 0.796. The zero-order valence-electron chi connectivity index (χ0n) is 16.4. The first-order valence-electron chi connectivity index (χ1n) is 9.57. The molecule has 7 heteroatoms. The van der Waals surface area contributed by atoms with Gasteiger partial charge in [-0.1, -0.05) is 17.7 Å². The van der Waals surface area contributed by atoms with E-state index in [4.69, 9.17) is 4.74 Å². The van der Waals surface area contributed by atoms with E-state index in [-0.39, 0.29) is 30.0 Å². The molecule has 0 bridgehead atoms. The molecule has 0 spiro atoms. The number of aromatic nitrogens is 2. The molecule has 1 aliphatic rings. The number of amides is 2. The average Bonchev–Trinajstić information content (AvgIpc) is 3.20. The molecule has 1 aromatic carbocycles. The summed E-state index contributed by atoms with van der Waals surface area (Å²) in [5, 5.41) is 2.87. The molecule has 0 saturated carbocycles. The molecule has 1 atom stereocenters. The van der Waals surface area contributed by atoms with Crippen LogP contribution < -0.4 is 5.32 Å². The molecule has 1 saturated heterocycles. The van der Waals surface area contributed by atoms with Crippen LogP contribution in [0.25, 0.3) is 0 Å². The van der Waals surface area contributed by atoms with Gasteiger partial charge in [-0.05, 0) is 38.8 Å². The number of carbonyl (C=O) groups is 2. The predicted octanol–water partition coefficient (Wildman–Crippen LogP) is 2.74. The summed E-state index contributed by atoms with van der Waals surface area (Å²) >= 11 is 0. The third kappa shape index (κ3) is 5.60. The standard InChI is InChI=1S/C21H26N4O3/c1-15-5-7-17(8-6-15)24-20(26)9-10-25(14-18-4-3-11-28-18)21(27)19-13-22-16(2)12-23-19/h5-8,12-13,18H,3-4,9-11,14H2,1-2H3,(H,24,26)/t18-/m0/s1. The molecule has 0 unspecified atom stereocenters. The van der Waals surface area contributed by atoms with Gasteiger partial charge in [-0.25, -0.2) is 4.98 Å². The highest BCUT2D eigenvalue weighted by atomic mass is 16.5. The molecule has 1 fully saturated rings. The number of carbonyl (C=O) groups excluding carboxylic acids is 2. The van der Waals surface area contributed by atoms with Crippen LogP contribution in [0.5, 0.6) is 0 Å². The molecule has 28 heavy (non-hydrogen) atoms. The summed E-state index contributed by atoms with van der Waals surface area (Å²) in [6.07, 6.45) is 5.16. The van der Waals surface area contributed by atoms with Crippen LogP contribution in [0.3, 0.4) is 0 Å². The Kier molecular flexibility index (Phi) is 6.71. The van der Waals surface area contributed by atoms with Crippen molar-refractivity contribution in [3.05, 3.63) is 53.6 Å².